The number of nitrogens with zero attached hydrogens (tertiary/aromatic N) is 2. The van der Waals surface area contributed by atoms with Crippen molar-refractivity contribution in [3.63, 3.8) is 0 Å². The first-order valence-electron chi connectivity index (χ1n) is 4.17. The summed E-state index contributed by atoms with van der Waals surface area (Å²) in [6, 6.07) is 1.62. The third kappa shape index (κ3) is 2.92. The van der Waals surface area contributed by atoms with Gasteiger partial charge in [-0.2, -0.15) is 18.3 Å². The van der Waals surface area contributed by atoms with Gasteiger partial charge in [-0.15, -0.1) is 0 Å². The Morgan fingerprint density at radius 3 is 2.60 bits per heavy atom. The van der Waals surface area contributed by atoms with Crippen LogP contribution in [0.1, 0.15) is 5.69 Å². The van der Waals surface area contributed by atoms with E-state index >= 15 is 0 Å². The molecule has 2 N–H and O–H groups in total. The lowest BCUT2D eigenvalue weighted by molar-refractivity contribution is -0.158. The molecule has 1 atom stereocenters. The van der Waals surface area contributed by atoms with Crippen molar-refractivity contribution in [2.75, 3.05) is 0 Å². The largest absolute Gasteiger partial charge is 0.399 e. The van der Waals surface area contributed by atoms with Crippen LogP contribution in [0.5, 0.6) is 0 Å². The van der Waals surface area contributed by atoms with Gasteiger partial charge in [0.15, 0.2) is 0 Å². The molecule has 0 aromatic carbocycles. The van der Waals surface area contributed by atoms with Crippen LogP contribution in [0.2, 0.25) is 0 Å². The zero-order chi connectivity index (χ0) is 11.6. The Bertz CT molecular complexity index is 358. The van der Waals surface area contributed by atoms with E-state index in [0.29, 0.717) is 5.69 Å². The van der Waals surface area contributed by atoms with Crippen molar-refractivity contribution in [2.24, 2.45) is 11.7 Å². The van der Waals surface area contributed by atoms with E-state index in [9.17, 15) is 13.2 Å². The Morgan fingerprint density at radius 1 is 1.67 bits per heavy atom. The predicted octanol–water partition coefficient (Wildman–Crippen LogP) is 1.66. The zero-order valence-corrected chi connectivity index (χ0v) is 8.77. The van der Waals surface area contributed by atoms with Gasteiger partial charge >= 0.3 is 6.18 Å². The van der Waals surface area contributed by atoms with E-state index in [1.165, 1.54) is 10.9 Å². The van der Waals surface area contributed by atoms with Crippen molar-refractivity contribution in [1.82, 2.24) is 9.78 Å². The van der Waals surface area contributed by atoms with Crippen LogP contribution in [0.15, 0.2) is 12.3 Å². The lowest BCUT2D eigenvalue weighted by Gasteiger charge is -2.19. The zero-order valence-electron chi connectivity index (χ0n) is 7.95. The van der Waals surface area contributed by atoms with E-state index in [-0.39, 0.29) is 6.54 Å². The molecule has 1 aromatic rings. The maximum atomic E-state index is 12.5. The smallest absolute Gasteiger partial charge is 0.393 e. The molecule has 0 fully saturated rings. The first-order valence-corrected chi connectivity index (χ1v) is 4.57. The van der Waals surface area contributed by atoms with Gasteiger partial charge in [0.25, 0.3) is 0 Å². The second-order valence-electron chi connectivity index (χ2n) is 3.15. The second kappa shape index (κ2) is 4.18. The highest BCUT2D eigenvalue weighted by atomic mass is 32.1. The fourth-order valence-electron chi connectivity index (χ4n) is 1.12. The lowest BCUT2D eigenvalue weighted by Crippen LogP contribution is -2.38. The van der Waals surface area contributed by atoms with Crippen LogP contribution < -0.4 is 5.73 Å². The van der Waals surface area contributed by atoms with E-state index < -0.39 is 17.1 Å². The standard InChI is InChI=1S/C8H10F3N3S/c1-5-2-3-13-14(5)4-6(7(12)15)8(9,10)11/h2-3,6H,4H2,1H3,(H2,12,15). The highest BCUT2D eigenvalue weighted by Gasteiger charge is 2.42. The molecule has 1 rings (SSSR count). The molecule has 1 unspecified atom stereocenters. The minimum Gasteiger partial charge on any atom is -0.393 e. The van der Waals surface area contributed by atoms with Crippen molar-refractivity contribution in [3.05, 3.63) is 18.0 Å². The highest BCUT2D eigenvalue weighted by molar-refractivity contribution is 7.80. The van der Waals surface area contributed by atoms with Crippen molar-refractivity contribution >= 4 is 17.2 Å². The van der Waals surface area contributed by atoms with Crippen molar-refractivity contribution in [2.45, 2.75) is 19.6 Å². The van der Waals surface area contributed by atoms with Crippen LogP contribution in [0.4, 0.5) is 13.2 Å². The van der Waals surface area contributed by atoms with Crippen molar-refractivity contribution in [1.29, 1.82) is 0 Å². The minimum absolute atomic E-state index is 0.363. The van der Waals surface area contributed by atoms with Gasteiger partial charge in [-0.1, -0.05) is 12.2 Å². The Labute approximate surface area is 90.1 Å². The molecule has 0 radical (unpaired) electrons. The lowest BCUT2D eigenvalue weighted by atomic mass is 10.1. The third-order valence-electron chi connectivity index (χ3n) is 2.02. The maximum Gasteiger partial charge on any atom is 0.399 e. The first kappa shape index (κ1) is 12.0. The van der Waals surface area contributed by atoms with Gasteiger partial charge in [-0.3, -0.25) is 4.68 Å². The Kier molecular flexibility index (Phi) is 3.33. The number of halogens is 3. The number of hydrogen-bond acceptors (Lipinski definition) is 2. The van der Waals surface area contributed by atoms with E-state index in [0.717, 1.165) is 0 Å². The van der Waals surface area contributed by atoms with E-state index in [1.54, 1.807) is 13.0 Å². The third-order valence-corrected chi connectivity index (χ3v) is 2.31. The topological polar surface area (TPSA) is 43.8 Å². The summed E-state index contributed by atoms with van der Waals surface area (Å²) in [5.41, 5.74) is 5.70. The Morgan fingerprint density at radius 2 is 2.27 bits per heavy atom. The van der Waals surface area contributed by atoms with Gasteiger partial charge < -0.3 is 5.73 Å². The van der Waals surface area contributed by atoms with E-state index in [4.69, 9.17) is 5.73 Å². The van der Waals surface area contributed by atoms with Gasteiger partial charge in [-0.05, 0) is 13.0 Å². The molecule has 0 aliphatic carbocycles. The number of aromatic nitrogens is 2. The second-order valence-corrected chi connectivity index (χ2v) is 3.62. The summed E-state index contributed by atoms with van der Waals surface area (Å²) in [5, 5.41) is 3.75. The summed E-state index contributed by atoms with van der Waals surface area (Å²) >= 11 is 4.40. The average Bonchev–Trinajstić information content (AvgIpc) is 2.44. The molecule has 0 spiro atoms. The SMILES string of the molecule is Cc1ccnn1CC(C(N)=S)C(F)(F)F. The van der Waals surface area contributed by atoms with Crippen LogP contribution in [0, 0.1) is 12.8 Å². The summed E-state index contributed by atoms with van der Waals surface area (Å²) < 4.78 is 38.7. The van der Waals surface area contributed by atoms with Gasteiger partial charge in [-0.25, -0.2) is 0 Å². The normalized spacial score (nSPS) is 13.9. The van der Waals surface area contributed by atoms with Gasteiger partial charge in [0.1, 0.15) is 5.92 Å². The molecule has 7 heteroatoms. The molecule has 0 bridgehead atoms. The fraction of sp³-hybridized carbons (Fsp3) is 0.500. The highest BCUT2D eigenvalue weighted by Crippen LogP contribution is 2.28. The van der Waals surface area contributed by atoms with Gasteiger partial charge in [0.05, 0.1) is 11.5 Å². The number of aryl methyl sites for hydroxylation is 1. The summed E-state index contributed by atoms with van der Waals surface area (Å²) in [6.45, 7) is 1.30. The summed E-state index contributed by atoms with van der Waals surface area (Å²) in [4.78, 5) is -0.558. The number of alkyl halides is 3. The minimum atomic E-state index is -4.43. The van der Waals surface area contributed by atoms with Crippen LogP contribution >= 0.6 is 12.2 Å². The molecule has 0 amide bonds. The van der Waals surface area contributed by atoms with E-state index in [2.05, 4.69) is 17.3 Å². The molecule has 15 heavy (non-hydrogen) atoms. The van der Waals surface area contributed by atoms with E-state index in [1.807, 2.05) is 0 Å². The van der Waals surface area contributed by atoms with Crippen LogP contribution in [-0.4, -0.2) is 20.9 Å². The van der Waals surface area contributed by atoms with Crippen molar-refractivity contribution < 1.29 is 13.2 Å². The van der Waals surface area contributed by atoms with Gasteiger partial charge in [0.2, 0.25) is 0 Å². The molecular formula is C8H10F3N3S. The van der Waals surface area contributed by atoms with Crippen LogP contribution in [0.3, 0.4) is 0 Å². The molecule has 0 aliphatic heterocycles. The average molecular weight is 237 g/mol. The first-order chi connectivity index (χ1) is 6.82. The maximum absolute atomic E-state index is 12.5. The van der Waals surface area contributed by atoms with Crippen LogP contribution in [-0.2, 0) is 6.54 Å². The fourth-order valence-corrected chi connectivity index (χ4v) is 1.33. The Hall–Kier alpha value is -1.11. The predicted molar refractivity (Wildman–Crippen MR) is 53.3 cm³/mol. The molecule has 0 aliphatic rings. The van der Waals surface area contributed by atoms with Crippen LogP contribution in [0.25, 0.3) is 0 Å². The summed E-state index contributed by atoms with van der Waals surface area (Å²) in [5.74, 6) is -1.83. The number of hydrogen-bond donors (Lipinski definition) is 1. The number of nitrogens with two attached hydrogens (primary N) is 1. The molecule has 0 saturated carbocycles. The molecule has 0 saturated heterocycles. The quantitative estimate of drug-likeness (QED) is 0.813. The number of thiocarbonyl (C=S) groups is 1. The van der Waals surface area contributed by atoms with Gasteiger partial charge in [0, 0.05) is 11.9 Å². The Balaban J connectivity index is 2.86. The monoisotopic (exact) mass is 237 g/mol. The molecule has 1 aromatic heterocycles. The van der Waals surface area contributed by atoms with Crippen molar-refractivity contribution in [3.8, 4) is 0 Å². The molecule has 84 valence electrons. The molecular weight excluding hydrogens is 227 g/mol. The summed E-state index contributed by atoms with van der Waals surface area (Å²) in [7, 11) is 0. The summed E-state index contributed by atoms with van der Waals surface area (Å²) in [6.07, 6.45) is -2.99. The molecule has 3 nitrogen and oxygen atoms in total. The number of rotatable bonds is 3. The molecule has 1 heterocycles.